The summed E-state index contributed by atoms with van der Waals surface area (Å²) < 4.78 is 6.85. The summed E-state index contributed by atoms with van der Waals surface area (Å²) in [5.41, 5.74) is 8.36. The van der Waals surface area contributed by atoms with Crippen LogP contribution in [0.4, 0.5) is 0 Å². The Hall–Kier alpha value is -0.580. The molecule has 2 aliphatic rings. The summed E-state index contributed by atoms with van der Waals surface area (Å²) in [5, 5.41) is 3.54. The molecule has 0 unspecified atom stereocenters. The maximum absolute atomic E-state index is 5.78. The summed E-state index contributed by atoms with van der Waals surface area (Å²) in [6.45, 7) is 1.69. The zero-order chi connectivity index (χ0) is 11.8. The molecule has 1 aliphatic heterocycles. The van der Waals surface area contributed by atoms with Gasteiger partial charge in [-0.15, -0.1) is 0 Å². The van der Waals surface area contributed by atoms with Crippen LogP contribution in [0.15, 0.2) is 16.6 Å². The van der Waals surface area contributed by atoms with Crippen LogP contribution in [0.5, 0.6) is 5.75 Å². The molecule has 1 saturated carbocycles. The van der Waals surface area contributed by atoms with E-state index in [-0.39, 0.29) is 0 Å². The van der Waals surface area contributed by atoms with Crippen LogP contribution in [0.3, 0.4) is 0 Å². The Balaban J connectivity index is 1.70. The van der Waals surface area contributed by atoms with Gasteiger partial charge in [-0.3, -0.25) is 0 Å². The third-order valence-electron chi connectivity index (χ3n) is 3.58. The van der Waals surface area contributed by atoms with E-state index < -0.39 is 0 Å². The lowest BCUT2D eigenvalue weighted by atomic mass is 9.87. The highest BCUT2D eigenvalue weighted by molar-refractivity contribution is 9.10. The van der Waals surface area contributed by atoms with Gasteiger partial charge in [0.1, 0.15) is 5.75 Å². The molecule has 1 heterocycles. The highest BCUT2D eigenvalue weighted by Gasteiger charge is 2.26. The Labute approximate surface area is 110 Å². The van der Waals surface area contributed by atoms with Crippen molar-refractivity contribution in [1.82, 2.24) is 5.32 Å². The number of benzene rings is 1. The number of hydrogen-bond acceptors (Lipinski definition) is 3. The number of halogens is 1. The van der Waals surface area contributed by atoms with Crippen LogP contribution in [0.2, 0.25) is 0 Å². The van der Waals surface area contributed by atoms with Crippen molar-refractivity contribution in [2.75, 3.05) is 6.61 Å². The van der Waals surface area contributed by atoms with Crippen LogP contribution in [0, 0.1) is 0 Å². The minimum atomic E-state index is 0.400. The lowest BCUT2D eigenvalue weighted by Gasteiger charge is -2.33. The summed E-state index contributed by atoms with van der Waals surface area (Å²) >= 11 is 3.56. The number of hydrogen-bond donors (Lipinski definition) is 2. The first-order valence-corrected chi connectivity index (χ1v) is 6.95. The Morgan fingerprint density at radius 3 is 3.00 bits per heavy atom. The van der Waals surface area contributed by atoms with Gasteiger partial charge in [-0.05, 0) is 30.5 Å². The molecule has 1 aliphatic carbocycles. The maximum Gasteiger partial charge on any atom is 0.127 e. The average Bonchev–Trinajstić information content (AvgIpc) is 2.70. The second kappa shape index (κ2) is 4.59. The molecule has 0 aromatic heterocycles. The minimum Gasteiger partial charge on any atom is -0.493 e. The lowest BCUT2D eigenvalue weighted by Crippen LogP contribution is -2.48. The van der Waals surface area contributed by atoms with E-state index in [0.29, 0.717) is 12.1 Å². The zero-order valence-electron chi connectivity index (χ0n) is 9.71. The zero-order valence-corrected chi connectivity index (χ0v) is 11.3. The molecule has 0 spiro atoms. The van der Waals surface area contributed by atoms with Gasteiger partial charge in [0.25, 0.3) is 0 Å². The van der Waals surface area contributed by atoms with Crippen molar-refractivity contribution in [3.05, 3.63) is 27.7 Å². The Bertz CT molecular complexity index is 430. The van der Waals surface area contributed by atoms with Crippen molar-refractivity contribution in [3.8, 4) is 5.75 Å². The second-order valence-electron chi connectivity index (χ2n) is 4.96. The van der Waals surface area contributed by atoms with E-state index in [9.17, 15) is 0 Å². The molecule has 92 valence electrons. The van der Waals surface area contributed by atoms with Gasteiger partial charge in [0.2, 0.25) is 0 Å². The summed E-state index contributed by atoms with van der Waals surface area (Å²) in [6.07, 6.45) is 3.21. The molecule has 0 saturated heterocycles. The Kier molecular flexibility index (Phi) is 3.11. The summed E-state index contributed by atoms with van der Waals surface area (Å²) in [6, 6.07) is 5.29. The Morgan fingerprint density at radius 2 is 2.24 bits per heavy atom. The molecule has 1 fully saturated rings. The van der Waals surface area contributed by atoms with Crippen LogP contribution in [-0.2, 0) is 13.0 Å². The number of nitrogens with one attached hydrogen (secondary N) is 1. The van der Waals surface area contributed by atoms with Gasteiger partial charge in [0.15, 0.2) is 0 Å². The number of rotatable bonds is 3. The highest BCUT2D eigenvalue weighted by Crippen LogP contribution is 2.33. The lowest BCUT2D eigenvalue weighted by molar-refractivity contribution is 0.288. The van der Waals surface area contributed by atoms with E-state index >= 15 is 0 Å². The molecule has 0 bridgehead atoms. The van der Waals surface area contributed by atoms with E-state index in [1.54, 1.807) is 0 Å². The third-order valence-corrected chi connectivity index (χ3v) is 4.04. The van der Waals surface area contributed by atoms with E-state index in [1.807, 2.05) is 0 Å². The molecule has 0 atom stereocenters. The SMILES string of the molecule is NC1CC(NCc2cc(Br)cc3c2OCC3)C1. The topological polar surface area (TPSA) is 47.3 Å². The fraction of sp³-hybridized carbons (Fsp3) is 0.538. The number of nitrogens with two attached hydrogens (primary N) is 1. The molecular weight excluding hydrogens is 280 g/mol. The van der Waals surface area contributed by atoms with Crippen molar-refractivity contribution in [1.29, 1.82) is 0 Å². The third kappa shape index (κ3) is 2.34. The van der Waals surface area contributed by atoms with Crippen LogP contribution in [-0.4, -0.2) is 18.7 Å². The highest BCUT2D eigenvalue weighted by atomic mass is 79.9. The van der Waals surface area contributed by atoms with E-state index in [1.165, 1.54) is 11.1 Å². The standard InChI is InChI=1S/C13H17BrN2O/c14-10-3-8-1-2-17-13(8)9(4-10)7-16-12-5-11(15)6-12/h3-4,11-12,16H,1-2,5-7,15H2. The quantitative estimate of drug-likeness (QED) is 0.896. The molecule has 0 radical (unpaired) electrons. The fourth-order valence-electron chi connectivity index (χ4n) is 2.56. The minimum absolute atomic E-state index is 0.400. The van der Waals surface area contributed by atoms with Crippen LogP contribution in [0.1, 0.15) is 24.0 Å². The molecule has 17 heavy (non-hydrogen) atoms. The van der Waals surface area contributed by atoms with Crippen molar-refractivity contribution >= 4 is 15.9 Å². The second-order valence-corrected chi connectivity index (χ2v) is 5.88. The molecular formula is C13H17BrN2O. The van der Waals surface area contributed by atoms with E-state index in [2.05, 4.69) is 33.4 Å². The smallest absolute Gasteiger partial charge is 0.127 e. The average molecular weight is 297 g/mol. The monoisotopic (exact) mass is 296 g/mol. The van der Waals surface area contributed by atoms with Crippen LogP contribution >= 0.6 is 15.9 Å². The van der Waals surface area contributed by atoms with Gasteiger partial charge in [0, 0.05) is 35.1 Å². The van der Waals surface area contributed by atoms with Gasteiger partial charge in [-0.25, -0.2) is 0 Å². The molecule has 1 aromatic rings. The first-order chi connectivity index (χ1) is 8.22. The van der Waals surface area contributed by atoms with Gasteiger partial charge in [-0.2, -0.15) is 0 Å². The van der Waals surface area contributed by atoms with Crippen LogP contribution < -0.4 is 15.8 Å². The Morgan fingerprint density at radius 1 is 1.41 bits per heavy atom. The van der Waals surface area contributed by atoms with Crippen molar-refractivity contribution in [2.24, 2.45) is 5.73 Å². The molecule has 3 rings (SSSR count). The van der Waals surface area contributed by atoms with E-state index in [0.717, 1.165) is 42.6 Å². The van der Waals surface area contributed by atoms with Crippen molar-refractivity contribution in [3.63, 3.8) is 0 Å². The maximum atomic E-state index is 5.78. The molecule has 4 heteroatoms. The van der Waals surface area contributed by atoms with E-state index in [4.69, 9.17) is 10.5 Å². The first kappa shape index (κ1) is 11.5. The largest absolute Gasteiger partial charge is 0.493 e. The molecule has 3 N–H and O–H groups in total. The first-order valence-electron chi connectivity index (χ1n) is 6.15. The fourth-order valence-corrected chi connectivity index (χ4v) is 3.11. The predicted octanol–water partition coefficient (Wildman–Crippen LogP) is 1.96. The predicted molar refractivity (Wildman–Crippen MR) is 71.2 cm³/mol. The van der Waals surface area contributed by atoms with Crippen molar-refractivity contribution < 1.29 is 4.74 Å². The number of ether oxygens (including phenoxy) is 1. The molecule has 3 nitrogen and oxygen atoms in total. The van der Waals surface area contributed by atoms with Gasteiger partial charge >= 0.3 is 0 Å². The molecule has 0 amide bonds. The van der Waals surface area contributed by atoms with Gasteiger partial charge < -0.3 is 15.8 Å². The molecule has 1 aromatic carbocycles. The normalized spacial score (nSPS) is 26.2. The summed E-state index contributed by atoms with van der Waals surface area (Å²) in [7, 11) is 0. The number of fused-ring (bicyclic) bond motifs is 1. The summed E-state index contributed by atoms with van der Waals surface area (Å²) in [4.78, 5) is 0. The van der Waals surface area contributed by atoms with Gasteiger partial charge in [-0.1, -0.05) is 15.9 Å². The van der Waals surface area contributed by atoms with Gasteiger partial charge in [0.05, 0.1) is 6.61 Å². The van der Waals surface area contributed by atoms with Crippen LogP contribution in [0.25, 0.3) is 0 Å². The summed E-state index contributed by atoms with van der Waals surface area (Å²) in [5.74, 6) is 1.09. The van der Waals surface area contributed by atoms with Crippen molar-refractivity contribution in [2.45, 2.75) is 37.9 Å².